The van der Waals surface area contributed by atoms with Crippen LogP contribution in [0.2, 0.25) is 5.02 Å². The van der Waals surface area contributed by atoms with Crippen LogP contribution in [0.1, 0.15) is 39.8 Å². The molecule has 2 aromatic heterocycles. The minimum Gasteiger partial charge on any atom is -0.364 e. The van der Waals surface area contributed by atoms with Crippen molar-refractivity contribution in [3.63, 3.8) is 0 Å². The summed E-state index contributed by atoms with van der Waals surface area (Å²) in [4.78, 5) is 28.0. The van der Waals surface area contributed by atoms with Crippen molar-refractivity contribution in [3.8, 4) is 0 Å². The van der Waals surface area contributed by atoms with E-state index in [1.54, 1.807) is 12.3 Å². The quantitative estimate of drug-likeness (QED) is 0.722. The number of halogens is 1. The molecule has 0 saturated carbocycles. The maximum atomic E-state index is 12.2. The lowest BCUT2D eigenvalue weighted by Crippen LogP contribution is -2.13. The largest absolute Gasteiger partial charge is 0.364 e. The number of fused-ring (bicyclic) bond motifs is 1. The number of primary amides is 1. The van der Waals surface area contributed by atoms with Gasteiger partial charge >= 0.3 is 0 Å². The normalized spacial score (nSPS) is 10.9. The zero-order valence-corrected chi connectivity index (χ0v) is 13.9. The van der Waals surface area contributed by atoms with E-state index in [9.17, 15) is 9.59 Å². The molecule has 2 N–H and O–H groups in total. The maximum Gasteiger partial charge on any atom is 0.267 e. The van der Waals surface area contributed by atoms with E-state index >= 15 is 0 Å². The average molecular weight is 342 g/mol. The highest BCUT2D eigenvalue weighted by Crippen LogP contribution is 2.24. The van der Waals surface area contributed by atoms with E-state index in [2.05, 4.69) is 4.98 Å². The fourth-order valence-electron chi connectivity index (χ4n) is 2.64. The van der Waals surface area contributed by atoms with Crippen LogP contribution in [0.5, 0.6) is 0 Å². The van der Waals surface area contributed by atoms with E-state index in [1.165, 1.54) is 6.07 Å². The summed E-state index contributed by atoms with van der Waals surface area (Å²) in [5.41, 5.74) is 7.52. The number of benzene rings is 1. The van der Waals surface area contributed by atoms with Gasteiger partial charge in [-0.25, -0.2) is 4.98 Å². The smallest absolute Gasteiger partial charge is 0.267 e. The molecule has 1 aromatic carbocycles. The first kappa shape index (κ1) is 16.2. The van der Waals surface area contributed by atoms with Crippen LogP contribution in [0.15, 0.2) is 42.6 Å². The Kier molecular flexibility index (Phi) is 4.36. The van der Waals surface area contributed by atoms with Crippen molar-refractivity contribution >= 4 is 34.3 Å². The van der Waals surface area contributed by atoms with Gasteiger partial charge in [-0.15, -0.1) is 0 Å². The third-order valence-electron chi connectivity index (χ3n) is 3.89. The van der Waals surface area contributed by atoms with Crippen LogP contribution in [0.4, 0.5) is 0 Å². The minimum absolute atomic E-state index is 0.0199. The molecule has 0 spiro atoms. The lowest BCUT2D eigenvalue weighted by atomic mass is 10.1. The molecule has 6 heteroatoms. The minimum atomic E-state index is -0.606. The molecule has 24 heavy (non-hydrogen) atoms. The second-order valence-corrected chi connectivity index (χ2v) is 5.88. The Morgan fingerprint density at radius 2 is 1.96 bits per heavy atom. The van der Waals surface area contributed by atoms with Crippen LogP contribution in [-0.4, -0.2) is 21.2 Å². The Labute approximate surface area is 144 Å². The molecule has 0 aliphatic rings. The molecule has 0 radical (unpaired) electrons. The zero-order chi connectivity index (χ0) is 17.3. The summed E-state index contributed by atoms with van der Waals surface area (Å²) in [5.74, 6) is -0.586. The van der Waals surface area contributed by atoms with Gasteiger partial charge in [-0.05, 0) is 23.8 Å². The number of ketones is 1. The maximum absolute atomic E-state index is 12.2. The molecular formula is C18H16ClN3O2. The van der Waals surface area contributed by atoms with E-state index in [1.807, 2.05) is 35.8 Å². The fraction of sp³-hybridized carbons (Fsp3) is 0.167. The summed E-state index contributed by atoms with van der Waals surface area (Å²) in [5, 5.41) is 1.34. The van der Waals surface area contributed by atoms with Crippen LogP contribution in [0.25, 0.3) is 11.0 Å². The average Bonchev–Trinajstić information content (AvgIpc) is 2.94. The van der Waals surface area contributed by atoms with Gasteiger partial charge in [0.1, 0.15) is 11.3 Å². The monoisotopic (exact) mass is 341 g/mol. The SMILES string of the molecule is CCC(=O)c1cn(Cc2ccccc2Cl)c2nc(C(N)=O)ccc12. The first-order chi connectivity index (χ1) is 11.5. The van der Waals surface area contributed by atoms with Gasteiger partial charge in [0.05, 0.1) is 6.54 Å². The van der Waals surface area contributed by atoms with E-state index < -0.39 is 5.91 Å². The first-order valence-corrected chi connectivity index (χ1v) is 7.95. The number of hydrogen-bond acceptors (Lipinski definition) is 3. The molecule has 1 amide bonds. The molecule has 3 aromatic rings. The summed E-state index contributed by atoms with van der Waals surface area (Å²) < 4.78 is 1.83. The zero-order valence-electron chi connectivity index (χ0n) is 13.1. The number of carbonyl (C=O) groups excluding carboxylic acids is 2. The molecule has 0 bridgehead atoms. The lowest BCUT2D eigenvalue weighted by molar-refractivity contribution is 0.0984. The summed E-state index contributed by atoms with van der Waals surface area (Å²) in [6, 6.07) is 10.7. The molecule has 5 nitrogen and oxygen atoms in total. The van der Waals surface area contributed by atoms with Gasteiger partial charge in [-0.3, -0.25) is 9.59 Å². The molecule has 3 rings (SSSR count). The Hall–Kier alpha value is -2.66. The summed E-state index contributed by atoms with van der Waals surface area (Å²) in [7, 11) is 0. The van der Waals surface area contributed by atoms with Crippen molar-refractivity contribution in [2.45, 2.75) is 19.9 Å². The topological polar surface area (TPSA) is 78.0 Å². The van der Waals surface area contributed by atoms with Gasteiger partial charge < -0.3 is 10.3 Å². The Morgan fingerprint density at radius 1 is 1.21 bits per heavy atom. The Balaban J connectivity index is 2.18. The third-order valence-corrected chi connectivity index (χ3v) is 4.26. The fourth-order valence-corrected chi connectivity index (χ4v) is 2.84. The van der Waals surface area contributed by atoms with Crippen molar-refractivity contribution < 1.29 is 9.59 Å². The highest BCUT2D eigenvalue weighted by Gasteiger charge is 2.17. The van der Waals surface area contributed by atoms with E-state index in [0.717, 1.165) is 5.56 Å². The summed E-state index contributed by atoms with van der Waals surface area (Å²) in [6.45, 7) is 2.26. The third kappa shape index (κ3) is 2.90. The molecular weight excluding hydrogens is 326 g/mol. The van der Waals surface area contributed by atoms with Gasteiger partial charge in [0.25, 0.3) is 5.91 Å². The van der Waals surface area contributed by atoms with Crippen LogP contribution >= 0.6 is 11.6 Å². The predicted octanol–water partition coefficient (Wildman–Crippen LogP) is 3.43. The highest BCUT2D eigenvalue weighted by atomic mass is 35.5. The van der Waals surface area contributed by atoms with Crippen LogP contribution in [-0.2, 0) is 6.54 Å². The summed E-state index contributed by atoms with van der Waals surface area (Å²) >= 11 is 6.23. The molecule has 0 aliphatic carbocycles. The first-order valence-electron chi connectivity index (χ1n) is 7.57. The van der Waals surface area contributed by atoms with Crippen molar-refractivity contribution in [2.24, 2.45) is 5.73 Å². The molecule has 0 saturated heterocycles. The predicted molar refractivity (Wildman–Crippen MR) is 93.4 cm³/mol. The number of amides is 1. The lowest BCUT2D eigenvalue weighted by Gasteiger charge is -2.07. The van der Waals surface area contributed by atoms with Gasteiger partial charge in [0.15, 0.2) is 5.78 Å². The number of carbonyl (C=O) groups is 2. The standard InChI is InChI=1S/C18H16ClN3O2/c1-2-16(23)13-10-22(9-11-5-3-4-6-14(11)19)18-12(13)7-8-15(21-18)17(20)24/h3-8,10H,2,9H2,1H3,(H2,20,24). The highest BCUT2D eigenvalue weighted by molar-refractivity contribution is 6.31. The van der Waals surface area contributed by atoms with Gasteiger partial charge in [0.2, 0.25) is 0 Å². The number of rotatable bonds is 5. The van der Waals surface area contributed by atoms with E-state index in [4.69, 9.17) is 17.3 Å². The van der Waals surface area contributed by atoms with Crippen molar-refractivity contribution in [1.82, 2.24) is 9.55 Å². The molecule has 2 heterocycles. The van der Waals surface area contributed by atoms with Crippen LogP contribution in [0.3, 0.4) is 0 Å². The summed E-state index contributed by atoms with van der Waals surface area (Å²) in [6.07, 6.45) is 2.15. The number of Topliss-reactive ketones (excluding diaryl/α,β-unsaturated/α-hetero) is 1. The molecule has 122 valence electrons. The van der Waals surface area contributed by atoms with Crippen molar-refractivity contribution in [2.75, 3.05) is 0 Å². The van der Waals surface area contributed by atoms with Gasteiger partial charge in [0, 0.05) is 28.6 Å². The number of hydrogen-bond donors (Lipinski definition) is 1. The number of nitrogens with zero attached hydrogens (tertiary/aromatic N) is 2. The second-order valence-electron chi connectivity index (χ2n) is 5.47. The number of pyridine rings is 1. The number of nitrogens with two attached hydrogens (primary N) is 1. The van der Waals surface area contributed by atoms with Crippen LogP contribution in [0, 0.1) is 0 Å². The molecule has 0 unspecified atom stereocenters. The van der Waals surface area contributed by atoms with Gasteiger partial charge in [-0.1, -0.05) is 36.7 Å². The van der Waals surface area contributed by atoms with Crippen molar-refractivity contribution in [3.05, 3.63) is 64.4 Å². The Bertz CT molecular complexity index is 947. The van der Waals surface area contributed by atoms with Gasteiger partial charge in [-0.2, -0.15) is 0 Å². The van der Waals surface area contributed by atoms with Crippen LogP contribution < -0.4 is 5.73 Å². The van der Waals surface area contributed by atoms with E-state index in [0.29, 0.717) is 34.6 Å². The second kappa shape index (κ2) is 6.45. The molecule has 0 aliphatic heterocycles. The van der Waals surface area contributed by atoms with E-state index in [-0.39, 0.29) is 11.5 Å². The Morgan fingerprint density at radius 3 is 2.62 bits per heavy atom. The molecule has 0 fully saturated rings. The number of aromatic nitrogens is 2. The molecule has 0 atom stereocenters. The van der Waals surface area contributed by atoms with Crippen molar-refractivity contribution in [1.29, 1.82) is 0 Å².